The monoisotopic (exact) mass is 392 g/mol. The van der Waals surface area contributed by atoms with Crippen molar-refractivity contribution in [2.24, 2.45) is 11.3 Å². The van der Waals surface area contributed by atoms with E-state index in [1.165, 1.54) is 16.9 Å². The lowest BCUT2D eigenvalue weighted by Gasteiger charge is -2.23. The highest BCUT2D eigenvalue weighted by atomic mass is 35.5. The van der Waals surface area contributed by atoms with Crippen LogP contribution < -0.4 is 10.6 Å². The van der Waals surface area contributed by atoms with Gasteiger partial charge in [0.1, 0.15) is 5.01 Å². The van der Waals surface area contributed by atoms with Crippen LogP contribution in [0.3, 0.4) is 0 Å². The van der Waals surface area contributed by atoms with Crippen molar-refractivity contribution in [1.82, 2.24) is 15.5 Å². The van der Waals surface area contributed by atoms with Crippen LogP contribution in [0.15, 0.2) is 30.3 Å². The molecule has 2 aliphatic rings. The van der Waals surface area contributed by atoms with Gasteiger partial charge in [0.15, 0.2) is 0 Å². The molecule has 2 N–H and O–H groups in total. The molecular weight excluding hydrogens is 368 g/mol. The van der Waals surface area contributed by atoms with Crippen LogP contribution in [0.5, 0.6) is 0 Å². The van der Waals surface area contributed by atoms with Crippen LogP contribution in [0.1, 0.15) is 43.7 Å². The first-order valence-corrected chi connectivity index (χ1v) is 9.74. The van der Waals surface area contributed by atoms with Crippen molar-refractivity contribution >= 4 is 34.8 Å². The van der Waals surface area contributed by atoms with Gasteiger partial charge in [-0.1, -0.05) is 41.7 Å². The van der Waals surface area contributed by atoms with Gasteiger partial charge in [0.2, 0.25) is 11.0 Å². The third kappa shape index (κ3) is 3.50. The second-order valence-corrected chi connectivity index (χ2v) is 8.74. The number of anilines is 1. The van der Waals surface area contributed by atoms with Crippen LogP contribution in [0.4, 0.5) is 5.13 Å². The molecule has 1 aromatic heterocycles. The maximum atomic E-state index is 12.6. The number of hydrogen-bond acceptors (Lipinski definition) is 5. The van der Waals surface area contributed by atoms with Gasteiger partial charge in [-0.05, 0) is 57.2 Å². The number of benzene rings is 1. The quantitative estimate of drug-likeness (QED) is 0.833. The maximum absolute atomic E-state index is 12.6. The number of nitrogens with one attached hydrogen (secondary N) is 2. The Balaban J connectivity index is 0.00000196. The number of aromatic nitrogens is 2. The fraction of sp³-hybridized carbons (Fsp3) is 0.526. The van der Waals surface area contributed by atoms with Crippen molar-refractivity contribution in [3.63, 3.8) is 0 Å². The van der Waals surface area contributed by atoms with E-state index < -0.39 is 0 Å². The first-order valence-electron chi connectivity index (χ1n) is 8.92. The van der Waals surface area contributed by atoms with E-state index in [1.54, 1.807) is 0 Å². The highest BCUT2D eigenvalue weighted by Crippen LogP contribution is 2.58. The molecule has 7 heteroatoms. The normalized spacial score (nSPS) is 21.1. The zero-order valence-corrected chi connectivity index (χ0v) is 16.8. The molecule has 0 radical (unpaired) electrons. The second kappa shape index (κ2) is 7.25. The number of nitrogens with zero attached hydrogens (tertiary/aromatic N) is 2. The summed E-state index contributed by atoms with van der Waals surface area (Å²) in [5.41, 5.74) is 1.21. The van der Waals surface area contributed by atoms with E-state index in [0.29, 0.717) is 5.13 Å². The van der Waals surface area contributed by atoms with Crippen LogP contribution in [0, 0.1) is 11.3 Å². The van der Waals surface area contributed by atoms with Gasteiger partial charge in [-0.3, -0.25) is 4.79 Å². The van der Waals surface area contributed by atoms with Gasteiger partial charge in [0.05, 0.1) is 0 Å². The molecule has 4 rings (SSSR count). The van der Waals surface area contributed by atoms with Crippen molar-refractivity contribution in [3.05, 3.63) is 40.9 Å². The Morgan fingerprint density at radius 2 is 1.92 bits per heavy atom. The minimum Gasteiger partial charge on any atom is -0.317 e. The third-order valence-corrected chi connectivity index (χ3v) is 6.95. The predicted molar refractivity (Wildman–Crippen MR) is 107 cm³/mol. The molecule has 1 saturated heterocycles. The van der Waals surface area contributed by atoms with Gasteiger partial charge in [-0.2, -0.15) is 0 Å². The van der Waals surface area contributed by atoms with Gasteiger partial charge in [0, 0.05) is 11.3 Å². The highest BCUT2D eigenvalue weighted by Gasteiger charge is 2.57. The Kier molecular flexibility index (Phi) is 5.37. The summed E-state index contributed by atoms with van der Waals surface area (Å²) in [6, 6.07) is 10.3. The van der Waals surface area contributed by atoms with E-state index in [0.717, 1.165) is 37.4 Å². The summed E-state index contributed by atoms with van der Waals surface area (Å²) in [7, 11) is 0. The van der Waals surface area contributed by atoms with Gasteiger partial charge < -0.3 is 10.6 Å². The number of carbonyl (C=O) groups excluding carboxylic acids is 1. The van der Waals surface area contributed by atoms with E-state index in [4.69, 9.17) is 0 Å². The first-order chi connectivity index (χ1) is 12.0. The molecule has 2 aromatic rings. The average Bonchev–Trinajstić information content (AvgIpc) is 3.10. The summed E-state index contributed by atoms with van der Waals surface area (Å²) < 4.78 is 0. The summed E-state index contributed by atoms with van der Waals surface area (Å²) >= 11 is 1.48. The Morgan fingerprint density at radius 1 is 1.23 bits per heavy atom. The molecule has 1 atom stereocenters. The van der Waals surface area contributed by atoms with E-state index >= 15 is 0 Å². The SMILES string of the molecule is CC(C)(c1ccccc1)c1nnc(NC(=O)C2CC23CCNCC3)s1.Cl. The van der Waals surface area contributed by atoms with Crippen molar-refractivity contribution in [2.75, 3.05) is 18.4 Å². The first kappa shape index (κ1) is 19.3. The lowest BCUT2D eigenvalue weighted by molar-refractivity contribution is -0.118. The van der Waals surface area contributed by atoms with Crippen LogP contribution in [0.25, 0.3) is 0 Å². The number of amides is 1. The molecule has 1 aromatic carbocycles. The summed E-state index contributed by atoms with van der Waals surface area (Å²) in [4.78, 5) is 12.6. The molecule has 0 bridgehead atoms. The molecule has 5 nitrogen and oxygen atoms in total. The lowest BCUT2D eigenvalue weighted by Crippen LogP contribution is -2.31. The van der Waals surface area contributed by atoms with Gasteiger partial charge in [-0.25, -0.2) is 0 Å². The number of rotatable bonds is 4. The number of piperidine rings is 1. The van der Waals surface area contributed by atoms with E-state index in [-0.39, 0.29) is 35.1 Å². The smallest absolute Gasteiger partial charge is 0.229 e. The van der Waals surface area contributed by atoms with E-state index in [1.807, 2.05) is 18.2 Å². The van der Waals surface area contributed by atoms with Crippen LogP contribution in [-0.4, -0.2) is 29.2 Å². The minimum absolute atomic E-state index is 0. The fourth-order valence-corrected chi connectivity index (χ4v) is 4.76. The molecule has 1 spiro atoms. The van der Waals surface area contributed by atoms with Crippen molar-refractivity contribution in [2.45, 2.75) is 38.5 Å². The van der Waals surface area contributed by atoms with Crippen molar-refractivity contribution in [3.8, 4) is 0 Å². The molecule has 2 fully saturated rings. The standard InChI is InChI=1S/C19H24N4OS.ClH/c1-18(2,13-6-4-3-5-7-13)16-22-23-17(25-16)21-15(24)14-12-19(14)8-10-20-11-9-19;/h3-7,14,20H,8-12H2,1-2H3,(H,21,23,24);1H. The van der Waals surface area contributed by atoms with Gasteiger partial charge in [-0.15, -0.1) is 22.6 Å². The molecule has 1 unspecified atom stereocenters. The molecular formula is C19H25ClN4OS. The van der Waals surface area contributed by atoms with Gasteiger partial charge >= 0.3 is 0 Å². The second-order valence-electron chi connectivity index (χ2n) is 7.76. The van der Waals surface area contributed by atoms with Crippen LogP contribution in [-0.2, 0) is 10.2 Å². The van der Waals surface area contributed by atoms with Crippen LogP contribution >= 0.6 is 23.7 Å². The van der Waals surface area contributed by atoms with Crippen LogP contribution in [0.2, 0.25) is 0 Å². The molecule has 1 aliphatic heterocycles. The molecule has 26 heavy (non-hydrogen) atoms. The largest absolute Gasteiger partial charge is 0.317 e. The average molecular weight is 393 g/mol. The Bertz CT molecular complexity index is 771. The predicted octanol–water partition coefficient (Wildman–Crippen LogP) is 3.61. The zero-order valence-electron chi connectivity index (χ0n) is 15.1. The van der Waals surface area contributed by atoms with Gasteiger partial charge in [0.25, 0.3) is 0 Å². The molecule has 2 heterocycles. The summed E-state index contributed by atoms with van der Waals surface area (Å²) in [6.07, 6.45) is 3.22. The summed E-state index contributed by atoms with van der Waals surface area (Å²) in [6.45, 7) is 6.33. The lowest BCUT2D eigenvalue weighted by atomic mass is 9.85. The Labute approximate surface area is 164 Å². The number of carbonyl (C=O) groups is 1. The molecule has 140 valence electrons. The fourth-order valence-electron chi connectivity index (χ4n) is 3.89. The van der Waals surface area contributed by atoms with Crippen molar-refractivity contribution < 1.29 is 4.79 Å². The Morgan fingerprint density at radius 3 is 2.62 bits per heavy atom. The summed E-state index contributed by atoms with van der Waals surface area (Å²) in [5, 5.41) is 16.5. The molecule has 1 saturated carbocycles. The van der Waals surface area contributed by atoms with E-state index in [9.17, 15) is 4.79 Å². The maximum Gasteiger partial charge on any atom is 0.229 e. The number of hydrogen-bond donors (Lipinski definition) is 2. The minimum atomic E-state index is -0.224. The topological polar surface area (TPSA) is 66.9 Å². The van der Waals surface area contributed by atoms with E-state index in [2.05, 4.69) is 46.8 Å². The zero-order chi connectivity index (χ0) is 17.5. The summed E-state index contributed by atoms with van der Waals surface area (Å²) in [5.74, 6) is 0.256. The molecule has 1 aliphatic carbocycles. The molecule has 1 amide bonds. The Hall–Kier alpha value is -1.50. The highest BCUT2D eigenvalue weighted by molar-refractivity contribution is 7.15. The third-order valence-electron chi connectivity index (χ3n) is 5.79. The number of halogens is 1. The van der Waals surface area contributed by atoms with Crippen molar-refractivity contribution in [1.29, 1.82) is 0 Å².